The van der Waals surface area contributed by atoms with E-state index in [2.05, 4.69) is 0 Å². The van der Waals surface area contributed by atoms with E-state index in [1.165, 1.54) is 13.0 Å². The van der Waals surface area contributed by atoms with Crippen molar-refractivity contribution in [1.29, 1.82) is 0 Å². The fourth-order valence-electron chi connectivity index (χ4n) is 2.19. The summed E-state index contributed by atoms with van der Waals surface area (Å²) in [6, 6.07) is 20.0. The fraction of sp³-hybridized carbons (Fsp3) is 0.118. The van der Waals surface area contributed by atoms with Crippen molar-refractivity contribution < 1.29 is 4.79 Å². The summed E-state index contributed by atoms with van der Waals surface area (Å²) in [4.78, 5) is 11.3. The summed E-state index contributed by atoms with van der Waals surface area (Å²) in [7, 11) is 0. The molecule has 0 heterocycles. The normalized spacial score (nSPS) is 11.6. The molecule has 2 N–H and O–H groups in total. The number of carbonyl (C=O) groups excluding carboxylic acids is 1. The van der Waals surface area contributed by atoms with Crippen LogP contribution in [0.25, 0.3) is 0 Å². The van der Waals surface area contributed by atoms with E-state index in [9.17, 15) is 4.79 Å². The molecule has 2 heteroatoms. The van der Waals surface area contributed by atoms with Crippen LogP contribution in [0.4, 0.5) is 0 Å². The van der Waals surface area contributed by atoms with Gasteiger partial charge in [-0.3, -0.25) is 4.79 Å². The first-order valence-electron chi connectivity index (χ1n) is 6.26. The minimum atomic E-state index is -0.0775. The van der Waals surface area contributed by atoms with Crippen LogP contribution in [0.1, 0.15) is 24.0 Å². The first-order valence-corrected chi connectivity index (χ1v) is 6.26. The van der Waals surface area contributed by atoms with Gasteiger partial charge in [0.2, 0.25) is 0 Å². The minimum Gasteiger partial charge on any atom is -0.401 e. The van der Waals surface area contributed by atoms with E-state index < -0.39 is 0 Å². The van der Waals surface area contributed by atoms with E-state index >= 15 is 0 Å². The van der Waals surface area contributed by atoms with Gasteiger partial charge in [-0.1, -0.05) is 60.7 Å². The Morgan fingerprint density at radius 2 is 1.37 bits per heavy atom. The largest absolute Gasteiger partial charge is 0.401 e. The van der Waals surface area contributed by atoms with Crippen molar-refractivity contribution in [3.63, 3.8) is 0 Å². The molecule has 0 unspecified atom stereocenters. The standard InChI is InChI=1S/C17H17NO/c1-13(19)12-16(18)17(14-8-4-2-5-9-14)15-10-6-3-7-11-15/h2-12,17H,18H2,1H3. The zero-order valence-corrected chi connectivity index (χ0v) is 10.9. The fourth-order valence-corrected chi connectivity index (χ4v) is 2.19. The third-order valence-electron chi connectivity index (χ3n) is 2.97. The van der Waals surface area contributed by atoms with Crippen LogP contribution in [0.3, 0.4) is 0 Å². The molecule has 0 amide bonds. The highest BCUT2D eigenvalue weighted by atomic mass is 16.1. The van der Waals surface area contributed by atoms with Crippen LogP contribution < -0.4 is 5.73 Å². The average molecular weight is 251 g/mol. The van der Waals surface area contributed by atoms with Crippen molar-refractivity contribution in [2.45, 2.75) is 12.8 Å². The number of benzene rings is 2. The summed E-state index contributed by atoms with van der Waals surface area (Å²) in [6.07, 6.45) is 1.50. The maximum Gasteiger partial charge on any atom is 0.154 e. The molecule has 0 radical (unpaired) electrons. The second-order valence-corrected chi connectivity index (χ2v) is 4.51. The molecule has 0 aromatic heterocycles. The van der Waals surface area contributed by atoms with Crippen LogP contribution in [-0.2, 0) is 4.79 Å². The zero-order valence-electron chi connectivity index (χ0n) is 10.9. The number of carbonyl (C=O) groups is 1. The Morgan fingerprint density at radius 1 is 0.947 bits per heavy atom. The molecule has 0 bridgehead atoms. The predicted octanol–water partition coefficient (Wildman–Crippen LogP) is 3.25. The quantitative estimate of drug-likeness (QED) is 0.848. The molecular formula is C17H17NO. The lowest BCUT2D eigenvalue weighted by Crippen LogP contribution is -2.13. The minimum absolute atomic E-state index is 0.0330. The van der Waals surface area contributed by atoms with Gasteiger partial charge in [-0.05, 0) is 18.1 Å². The molecule has 0 fully saturated rings. The number of hydrogen-bond donors (Lipinski definition) is 1. The number of ketones is 1. The number of hydrogen-bond acceptors (Lipinski definition) is 2. The Labute approximate surface area is 113 Å². The molecular weight excluding hydrogens is 234 g/mol. The molecule has 0 aliphatic heterocycles. The Hall–Kier alpha value is -2.35. The van der Waals surface area contributed by atoms with Crippen LogP contribution in [0.15, 0.2) is 72.4 Å². The van der Waals surface area contributed by atoms with Crippen molar-refractivity contribution >= 4 is 5.78 Å². The van der Waals surface area contributed by atoms with Crippen molar-refractivity contribution in [2.75, 3.05) is 0 Å². The van der Waals surface area contributed by atoms with E-state index in [4.69, 9.17) is 5.73 Å². The Bertz CT molecular complexity index is 533. The van der Waals surface area contributed by atoms with Gasteiger partial charge in [0, 0.05) is 17.7 Å². The van der Waals surface area contributed by atoms with Gasteiger partial charge in [-0.2, -0.15) is 0 Å². The van der Waals surface area contributed by atoms with Gasteiger partial charge >= 0.3 is 0 Å². The summed E-state index contributed by atoms with van der Waals surface area (Å²) in [6.45, 7) is 1.51. The highest BCUT2D eigenvalue weighted by molar-refractivity contribution is 5.88. The van der Waals surface area contributed by atoms with Crippen molar-refractivity contribution in [1.82, 2.24) is 0 Å². The third-order valence-corrected chi connectivity index (χ3v) is 2.97. The average Bonchev–Trinajstić information content (AvgIpc) is 2.40. The van der Waals surface area contributed by atoms with Crippen molar-refractivity contribution in [2.24, 2.45) is 5.73 Å². The van der Waals surface area contributed by atoms with Gasteiger partial charge in [-0.25, -0.2) is 0 Å². The number of allylic oxidation sites excluding steroid dienone is 2. The molecule has 0 aliphatic rings. The van der Waals surface area contributed by atoms with Crippen LogP contribution >= 0.6 is 0 Å². The molecule has 0 saturated carbocycles. The predicted molar refractivity (Wildman–Crippen MR) is 77.7 cm³/mol. The van der Waals surface area contributed by atoms with Gasteiger partial charge in [0.25, 0.3) is 0 Å². The number of nitrogens with two attached hydrogens (primary N) is 1. The maximum absolute atomic E-state index is 11.3. The second kappa shape index (κ2) is 6.01. The SMILES string of the molecule is CC(=O)C=C(N)C(c1ccccc1)c1ccccc1. The van der Waals surface area contributed by atoms with Crippen LogP contribution in [-0.4, -0.2) is 5.78 Å². The van der Waals surface area contributed by atoms with E-state index in [-0.39, 0.29) is 11.7 Å². The second-order valence-electron chi connectivity index (χ2n) is 4.51. The van der Waals surface area contributed by atoms with Gasteiger partial charge in [0.05, 0.1) is 0 Å². The lowest BCUT2D eigenvalue weighted by molar-refractivity contribution is -0.112. The van der Waals surface area contributed by atoms with Gasteiger partial charge in [0.15, 0.2) is 5.78 Å². The molecule has 19 heavy (non-hydrogen) atoms. The Morgan fingerprint density at radius 3 is 1.74 bits per heavy atom. The van der Waals surface area contributed by atoms with E-state index in [0.717, 1.165) is 11.1 Å². The third kappa shape index (κ3) is 3.32. The molecule has 0 aliphatic carbocycles. The van der Waals surface area contributed by atoms with E-state index in [1.807, 2.05) is 60.7 Å². The van der Waals surface area contributed by atoms with Crippen molar-refractivity contribution in [3.05, 3.63) is 83.6 Å². The highest BCUT2D eigenvalue weighted by Crippen LogP contribution is 2.28. The maximum atomic E-state index is 11.3. The lowest BCUT2D eigenvalue weighted by atomic mass is 9.88. The molecule has 2 aromatic rings. The van der Waals surface area contributed by atoms with Gasteiger partial charge < -0.3 is 5.73 Å². The molecule has 96 valence electrons. The van der Waals surface area contributed by atoms with Gasteiger partial charge in [0.1, 0.15) is 0 Å². The van der Waals surface area contributed by atoms with E-state index in [1.54, 1.807) is 0 Å². The summed E-state index contributed by atoms with van der Waals surface area (Å²) in [5.74, 6) is -0.110. The Kier molecular flexibility index (Phi) is 4.14. The monoisotopic (exact) mass is 251 g/mol. The van der Waals surface area contributed by atoms with Gasteiger partial charge in [-0.15, -0.1) is 0 Å². The molecule has 0 atom stereocenters. The summed E-state index contributed by atoms with van der Waals surface area (Å²) in [5.41, 5.74) is 8.87. The molecule has 2 nitrogen and oxygen atoms in total. The van der Waals surface area contributed by atoms with Crippen molar-refractivity contribution in [3.8, 4) is 0 Å². The summed E-state index contributed by atoms with van der Waals surface area (Å²) >= 11 is 0. The first-order chi connectivity index (χ1) is 9.18. The van der Waals surface area contributed by atoms with Crippen LogP contribution in [0.2, 0.25) is 0 Å². The topological polar surface area (TPSA) is 43.1 Å². The number of rotatable bonds is 4. The highest BCUT2D eigenvalue weighted by Gasteiger charge is 2.16. The molecule has 2 rings (SSSR count). The molecule has 0 saturated heterocycles. The zero-order chi connectivity index (χ0) is 13.7. The summed E-state index contributed by atoms with van der Waals surface area (Å²) in [5, 5.41) is 0. The first kappa shape index (κ1) is 13.1. The van der Waals surface area contributed by atoms with Crippen LogP contribution in [0.5, 0.6) is 0 Å². The molecule has 2 aromatic carbocycles. The van der Waals surface area contributed by atoms with Crippen LogP contribution in [0, 0.1) is 0 Å². The molecule has 0 spiro atoms. The lowest BCUT2D eigenvalue weighted by Gasteiger charge is -2.18. The Balaban J connectivity index is 2.49. The summed E-state index contributed by atoms with van der Waals surface area (Å²) < 4.78 is 0. The van der Waals surface area contributed by atoms with E-state index in [0.29, 0.717) is 5.70 Å². The smallest absolute Gasteiger partial charge is 0.154 e.